The summed E-state index contributed by atoms with van der Waals surface area (Å²) in [5, 5.41) is 7.83. The summed E-state index contributed by atoms with van der Waals surface area (Å²) in [4.78, 5) is 4.41. The fourth-order valence-electron chi connectivity index (χ4n) is 4.07. The van der Waals surface area contributed by atoms with Crippen LogP contribution in [0.2, 0.25) is 0 Å². The standard InChI is InChI=1S/C20H30FN3OS.HI/c1-22-19(24-17-6-7-18(13-17)26-2)23-14-20(8-10-25-11-9-20)15-4-3-5-16(21)12-15;/h3-5,12,17-18H,6-11,13-14H2,1-2H3,(H2,22,23,24);1H. The molecule has 1 aliphatic heterocycles. The Labute approximate surface area is 183 Å². The van der Waals surface area contributed by atoms with Gasteiger partial charge in [0.1, 0.15) is 5.82 Å². The quantitative estimate of drug-likeness (QED) is 0.360. The molecule has 0 radical (unpaired) electrons. The summed E-state index contributed by atoms with van der Waals surface area (Å²) in [5.74, 6) is 0.670. The molecule has 0 amide bonds. The number of nitrogens with one attached hydrogen (secondary N) is 2. The third-order valence-corrected chi connectivity index (χ3v) is 6.86. The smallest absolute Gasteiger partial charge is 0.191 e. The molecule has 0 aromatic heterocycles. The summed E-state index contributed by atoms with van der Waals surface area (Å²) < 4.78 is 19.4. The summed E-state index contributed by atoms with van der Waals surface area (Å²) in [6.07, 6.45) is 7.60. The third-order valence-electron chi connectivity index (χ3n) is 5.76. The molecule has 2 unspecified atom stereocenters. The van der Waals surface area contributed by atoms with E-state index in [1.54, 1.807) is 12.1 Å². The predicted octanol–water partition coefficient (Wildman–Crippen LogP) is 3.94. The Hall–Kier alpha value is -0.540. The van der Waals surface area contributed by atoms with Crippen molar-refractivity contribution in [3.8, 4) is 0 Å². The second-order valence-corrected chi connectivity index (χ2v) is 8.48. The maximum atomic E-state index is 13.8. The number of hydrogen-bond acceptors (Lipinski definition) is 3. The van der Waals surface area contributed by atoms with Gasteiger partial charge in [-0.05, 0) is 56.1 Å². The number of benzene rings is 1. The van der Waals surface area contributed by atoms with Crippen molar-refractivity contribution in [1.82, 2.24) is 10.6 Å². The fraction of sp³-hybridized carbons (Fsp3) is 0.650. The van der Waals surface area contributed by atoms with Gasteiger partial charge in [-0.25, -0.2) is 4.39 Å². The molecule has 2 aliphatic rings. The molecule has 1 aromatic carbocycles. The van der Waals surface area contributed by atoms with Gasteiger partial charge in [0.25, 0.3) is 0 Å². The van der Waals surface area contributed by atoms with Crippen molar-refractivity contribution in [3.63, 3.8) is 0 Å². The minimum absolute atomic E-state index is 0. The summed E-state index contributed by atoms with van der Waals surface area (Å²) >= 11 is 1.96. The van der Waals surface area contributed by atoms with E-state index in [4.69, 9.17) is 4.74 Å². The van der Waals surface area contributed by atoms with Crippen LogP contribution in [0.1, 0.15) is 37.7 Å². The maximum Gasteiger partial charge on any atom is 0.191 e. The van der Waals surface area contributed by atoms with Crippen LogP contribution < -0.4 is 10.6 Å². The van der Waals surface area contributed by atoms with Crippen molar-refractivity contribution in [1.29, 1.82) is 0 Å². The Morgan fingerprint density at radius 3 is 2.74 bits per heavy atom. The van der Waals surface area contributed by atoms with Crippen molar-refractivity contribution in [2.75, 3.05) is 33.1 Å². The van der Waals surface area contributed by atoms with Crippen LogP contribution in [-0.4, -0.2) is 50.3 Å². The lowest BCUT2D eigenvalue weighted by atomic mass is 9.74. The van der Waals surface area contributed by atoms with Crippen molar-refractivity contribution in [2.45, 2.75) is 48.8 Å². The molecule has 2 atom stereocenters. The highest BCUT2D eigenvalue weighted by Crippen LogP contribution is 2.34. The minimum atomic E-state index is -0.176. The van der Waals surface area contributed by atoms with Crippen LogP contribution in [0, 0.1) is 5.82 Å². The van der Waals surface area contributed by atoms with Gasteiger partial charge in [-0.15, -0.1) is 24.0 Å². The third kappa shape index (κ3) is 5.97. The normalized spacial score (nSPS) is 24.9. The first kappa shape index (κ1) is 22.7. The van der Waals surface area contributed by atoms with Crippen LogP contribution in [0.4, 0.5) is 4.39 Å². The van der Waals surface area contributed by atoms with E-state index < -0.39 is 0 Å². The van der Waals surface area contributed by atoms with Gasteiger partial charge in [0.05, 0.1) is 0 Å². The molecule has 3 rings (SSSR count). The molecular weight excluding hydrogens is 476 g/mol. The van der Waals surface area contributed by atoms with Crippen LogP contribution in [0.3, 0.4) is 0 Å². The van der Waals surface area contributed by atoms with Crippen LogP contribution in [-0.2, 0) is 10.2 Å². The number of thioether (sulfide) groups is 1. The molecule has 0 bridgehead atoms. The SMILES string of the molecule is CN=C(NCC1(c2cccc(F)c2)CCOCC1)NC1CCC(SC)C1.I. The molecule has 1 saturated carbocycles. The zero-order valence-corrected chi connectivity index (χ0v) is 19.3. The van der Waals surface area contributed by atoms with E-state index in [1.807, 2.05) is 24.9 Å². The highest BCUT2D eigenvalue weighted by atomic mass is 127. The Kier molecular flexibility index (Phi) is 9.14. The lowest BCUT2D eigenvalue weighted by Crippen LogP contribution is -2.49. The van der Waals surface area contributed by atoms with E-state index >= 15 is 0 Å². The van der Waals surface area contributed by atoms with Crippen LogP contribution in [0.5, 0.6) is 0 Å². The number of ether oxygens (including phenoxy) is 1. The minimum Gasteiger partial charge on any atom is -0.381 e. The van der Waals surface area contributed by atoms with Gasteiger partial charge >= 0.3 is 0 Å². The summed E-state index contributed by atoms with van der Waals surface area (Å²) in [5.41, 5.74) is 0.933. The molecule has 2 fully saturated rings. The molecule has 1 heterocycles. The van der Waals surface area contributed by atoms with Gasteiger partial charge in [-0.3, -0.25) is 4.99 Å². The van der Waals surface area contributed by atoms with Crippen LogP contribution >= 0.6 is 35.7 Å². The average molecular weight is 507 g/mol. The number of hydrogen-bond donors (Lipinski definition) is 2. The first-order chi connectivity index (χ1) is 12.6. The molecule has 0 spiro atoms. The zero-order chi connectivity index (χ0) is 18.4. The molecule has 7 heteroatoms. The van der Waals surface area contributed by atoms with E-state index in [1.165, 1.54) is 25.3 Å². The first-order valence-corrected chi connectivity index (χ1v) is 10.8. The summed E-state index contributed by atoms with van der Waals surface area (Å²) in [6.45, 7) is 2.16. The van der Waals surface area contributed by atoms with Crippen LogP contribution in [0.25, 0.3) is 0 Å². The van der Waals surface area contributed by atoms with E-state index in [9.17, 15) is 4.39 Å². The van der Waals surface area contributed by atoms with Crippen molar-refractivity contribution < 1.29 is 9.13 Å². The van der Waals surface area contributed by atoms with Gasteiger partial charge in [0.2, 0.25) is 0 Å². The maximum absolute atomic E-state index is 13.8. The average Bonchev–Trinajstić information content (AvgIpc) is 3.13. The van der Waals surface area contributed by atoms with Gasteiger partial charge in [-0.1, -0.05) is 12.1 Å². The number of halogens is 2. The lowest BCUT2D eigenvalue weighted by Gasteiger charge is -2.38. The van der Waals surface area contributed by atoms with E-state index in [2.05, 4.69) is 21.9 Å². The van der Waals surface area contributed by atoms with Crippen LogP contribution in [0.15, 0.2) is 29.3 Å². The Morgan fingerprint density at radius 1 is 1.33 bits per heavy atom. The highest BCUT2D eigenvalue weighted by molar-refractivity contribution is 14.0. The molecule has 1 aliphatic carbocycles. The Balaban J connectivity index is 0.00000261. The molecule has 1 saturated heterocycles. The van der Waals surface area contributed by atoms with E-state index in [-0.39, 0.29) is 35.2 Å². The van der Waals surface area contributed by atoms with Gasteiger partial charge in [0.15, 0.2) is 5.96 Å². The monoisotopic (exact) mass is 507 g/mol. The van der Waals surface area contributed by atoms with E-state index in [0.717, 1.165) is 36.2 Å². The van der Waals surface area contributed by atoms with Crippen molar-refractivity contribution in [2.24, 2.45) is 4.99 Å². The predicted molar refractivity (Wildman–Crippen MR) is 123 cm³/mol. The molecular formula is C20H31FIN3OS. The van der Waals surface area contributed by atoms with E-state index in [0.29, 0.717) is 19.3 Å². The summed E-state index contributed by atoms with van der Waals surface area (Å²) in [6, 6.07) is 7.50. The highest BCUT2D eigenvalue weighted by Gasteiger charge is 2.35. The van der Waals surface area contributed by atoms with Gasteiger partial charge in [-0.2, -0.15) is 11.8 Å². The largest absolute Gasteiger partial charge is 0.381 e. The topological polar surface area (TPSA) is 45.7 Å². The van der Waals surface area contributed by atoms with Gasteiger partial charge in [0, 0.05) is 43.5 Å². The first-order valence-electron chi connectivity index (χ1n) is 9.49. The molecule has 152 valence electrons. The molecule has 2 N–H and O–H groups in total. The Morgan fingerprint density at radius 2 is 2.11 bits per heavy atom. The lowest BCUT2D eigenvalue weighted by molar-refractivity contribution is 0.0512. The molecule has 27 heavy (non-hydrogen) atoms. The zero-order valence-electron chi connectivity index (χ0n) is 16.2. The van der Waals surface area contributed by atoms with Gasteiger partial charge < -0.3 is 15.4 Å². The summed E-state index contributed by atoms with van der Waals surface area (Å²) in [7, 11) is 1.81. The molecule has 1 aromatic rings. The second kappa shape index (κ2) is 10.9. The number of aliphatic imine (C=N–C) groups is 1. The fourth-order valence-corrected chi connectivity index (χ4v) is 4.87. The Bertz CT molecular complexity index is 625. The number of guanidine groups is 1. The van der Waals surface area contributed by atoms with Crippen molar-refractivity contribution >= 4 is 41.7 Å². The number of nitrogens with zero attached hydrogens (tertiary/aromatic N) is 1. The second-order valence-electron chi connectivity index (χ2n) is 7.34. The van der Waals surface area contributed by atoms with Crippen molar-refractivity contribution in [3.05, 3.63) is 35.6 Å². The number of rotatable bonds is 5. The molecule has 4 nitrogen and oxygen atoms in total.